The number of hydrogen-bond acceptors (Lipinski definition) is 4. The fraction of sp³-hybridized carbons (Fsp3) is 0. The molecule has 0 unspecified atom stereocenters. The zero-order valence-corrected chi connectivity index (χ0v) is 9.81. The molecular formula is C13H10FN5. The maximum Gasteiger partial charge on any atom is 0.201 e. The Kier molecular flexibility index (Phi) is 3.39. The smallest absolute Gasteiger partial charge is 0.201 e. The Morgan fingerprint density at radius 3 is 2.63 bits per heavy atom. The maximum atomic E-state index is 13.0. The van der Waals surface area contributed by atoms with E-state index in [0.29, 0.717) is 5.69 Å². The lowest BCUT2D eigenvalue weighted by molar-refractivity contribution is 0.630. The molecule has 0 aliphatic carbocycles. The Hall–Kier alpha value is -2.94. The second-order valence-corrected chi connectivity index (χ2v) is 3.80. The average molecular weight is 255 g/mol. The summed E-state index contributed by atoms with van der Waals surface area (Å²) in [7, 11) is 0. The van der Waals surface area contributed by atoms with Crippen LogP contribution in [0, 0.1) is 22.6 Å². The van der Waals surface area contributed by atoms with Crippen molar-refractivity contribution in [1.82, 2.24) is 0 Å². The van der Waals surface area contributed by atoms with Crippen LogP contribution in [0.25, 0.3) is 10.8 Å². The lowest BCUT2D eigenvalue weighted by Crippen LogP contribution is -2.21. The SMILES string of the molecule is N#C/C(=N\Nc1ccc2cc(F)ccc2c1)C(=N)N. The number of rotatable bonds is 3. The second kappa shape index (κ2) is 5.14. The molecule has 0 heterocycles. The van der Waals surface area contributed by atoms with Gasteiger partial charge in [0.1, 0.15) is 11.9 Å². The summed E-state index contributed by atoms with van der Waals surface area (Å²) in [5.74, 6) is -0.701. The fourth-order valence-electron chi connectivity index (χ4n) is 1.55. The monoisotopic (exact) mass is 255 g/mol. The van der Waals surface area contributed by atoms with Gasteiger partial charge in [0.2, 0.25) is 5.71 Å². The van der Waals surface area contributed by atoms with Crippen molar-refractivity contribution in [2.75, 3.05) is 5.43 Å². The number of nitriles is 1. The van der Waals surface area contributed by atoms with Crippen molar-refractivity contribution in [3.63, 3.8) is 0 Å². The molecule has 0 saturated carbocycles. The van der Waals surface area contributed by atoms with Gasteiger partial charge in [-0.15, -0.1) is 0 Å². The molecule has 2 aromatic rings. The van der Waals surface area contributed by atoms with Crippen molar-refractivity contribution < 1.29 is 4.39 Å². The molecule has 94 valence electrons. The van der Waals surface area contributed by atoms with Gasteiger partial charge in [-0.25, -0.2) is 4.39 Å². The number of fused-ring (bicyclic) bond motifs is 1. The standard InChI is InChI=1S/C13H10FN5/c14-10-3-1-9-6-11(4-2-8(9)5-10)18-19-12(7-15)13(16)17/h1-6,18H,(H3,16,17)/b19-12+. The number of amidine groups is 1. The Balaban J connectivity index is 2.30. The van der Waals surface area contributed by atoms with E-state index in [1.165, 1.54) is 12.1 Å². The fourth-order valence-corrected chi connectivity index (χ4v) is 1.55. The van der Waals surface area contributed by atoms with E-state index in [0.717, 1.165) is 10.8 Å². The van der Waals surface area contributed by atoms with E-state index < -0.39 is 5.84 Å². The number of halogens is 1. The third-order valence-electron chi connectivity index (χ3n) is 2.46. The van der Waals surface area contributed by atoms with Crippen LogP contribution in [0.2, 0.25) is 0 Å². The summed E-state index contributed by atoms with van der Waals surface area (Å²) < 4.78 is 13.0. The average Bonchev–Trinajstić information content (AvgIpc) is 2.39. The minimum absolute atomic E-state index is 0.195. The molecular weight excluding hydrogens is 245 g/mol. The zero-order valence-electron chi connectivity index (χ0n) is 9.81. The number of anilines is 1. The highest BCUT2D eigenvalue weighted by molar-refractivity contribution is 6.45. The van der Waals surface area contributed by atoms with Gasteiger partial charge >= 0.3 is 0 Å². The first-order valence-electron chi connectivity index (χ1n) is 5.37. The van der Waals surface area contributed by atoms with Gasteiger partial charge in [-0.05, 0) is 35.0 Å². The predicted molar refractivity (Wildman–Crippen MR) is 72.5 cm³/mol. The molecule has 0 saturated heterocycles. The molecule has 5 nitrogen and oxygen atoms in total. The number of hydrazone groups is 1. The number of nitrogens with one attached hydrogen (secondary N) is 2. The van der Waals surface area contributed by atoms with Crippen LogP contribution in [0.15, 0.2) is 41.5 Å². The van der Waals surface area contributed by atoms with E-state index in [4.69, 9.17) is 16.4 Å². The minimum Gasteiger partial charge on any atom is -0.382 e. The molecule has 2 rings (SSSR count). The van der Waals surface area contributed by atoms with Gasteiger partial charge in [0, 0.05) is 0 Å². The highest BCUT2D eigenvalue weighted by Gasteiger charge is 2.01. The Morgan fingerprint density at radius 1 is 1.26 bits per heavy atom. The predicted octanol–water partition coefficient (Wildman–Crippen LogP) is 2.21. The summed E-state index contributed by atoms with van der Waals surface area (Å²) in [6.45, 7) is 0. The van der Waals surface area contributed by atoms with Crippen LogP contribution in [-0.4, -0.2) is 11.5 Å². The quantitative estimate of drug-likeness (QED) is 0.445. The first kappa shape index (κ1) is 12.5. The van der Waals surface area contributed by atoms with Crippen LogP contribution < -0.4 is 11.2 Å². The van der Waals surface area contributed by atoms with Crippen LogP contribution in [0.1, 0.15) is 0 Å². The topological polar surface area (TPSA) is 98.0 Å². The zero-order chi connectivity index (χ0) is 13.8. The van der Waals surface area contributed by atoms with Crippen molar-refractivity contribution in [3.05, 3.63) is 42.2 Å². The molecule has 0 aromatic heterocycles. The molecule has 0 spiro atoms. The molecule has 0 amide bonds. The van der Waals surface area contributed by atoms with E-state index in [1.807, 2.05) is 0 Å². The van der Waals surface area contributed by atoms with Crippen LogP contribution in [-0.2, 0) is 0 Å². The largest absolute Gasteiger partial charge is 0.382 e. The Morgan fingerprint density at radius 2 is 1.95 bits per heavy atom. The summed E-state index contributed by atoms with van der Waals surface area (Å²) in [6.07, 6.45) is 0. The summed E-state index contributed by atoms with van der Waals surface area (Å²) in [4.78, 5) is 0. The maximum absolute atomic E-state index is 13.0. The van der Waals surface area contributed by atoms with Gasteiger partial charge in [0.25, 0.3) is 0 Å². The Labute approximate surface area is 108 Å². The molecule has 0 aliphatic rings. The first-order chi connectivity index (χ1) is 9.10. The molecule has 4 N–H and O–H groups in total. The number of hydrogen-bond donors (Lipinski definition) is 3. The van der Waals surface area contributed by atoms with Crippen LogP contribution in [0.3, 0.4) is 0 Å². The number of nitrogens with zero attached hydrogens (tertiary/aromatic N) is 2. The first-order valence-corrected chi connectivity index (χ1v) is 5.37. The summed E-state index contributed by atoms with van der Waals surface area (Å²) in [5.41, 5.74) is 8.22. The molecule has 0 aliphatic heterocycles. The van der Waals surface area contributed by atoms with E-state index in [9.17, 15) is 4.39 Å². The van der Waals surface area contributed by atoms with Crippen LogP contribution in [0.4, 0.5) is 10.1 Å². The van der Waals surface area contributed by atoms with Crippen molar-refractivity contribution >= 4 is 28.0 Å². The highest BCUT2D eigenvalue weighted by atomic mass is 19.1. The lowest BCUT2D eigenvalue weighted by Gasteiger charge is -2.03. The normalized spacial score (nSPS) is 11.1. The van der Waals surface area contributed by atoms with Gasteiger partial charge in [0.15, 0.2) is 5.84 Å². The molecule has 0 fully saturated rings. The van der Waals surface area contributed by atoms with E-state index >= 15 is 0 Å². The molecule has 2 aromatic carbocycles. The van der Waals surface area contributed by atoms with E-state index in [-0.39, 0.29) is 11.5 Å². The number of benzene rings is 2. The van der Waals surface area contributed by atoms with Crippen molar-refractivity contribution in [1.29, 1.82) is 10.7 Å². The van der Waals surface area contributed by atoms with Gasteiger partial charge in [0.05, 0.1) is 5.69 Å². The van der Waals surface area contributed by atoms with Crippen LogP contribution >= 0.6 is 0 Å². The minimum atomic E-state index is -0.405. The second-order valence-electron chi connectivity index (χ2n) is 3.80. The summed E-state index contributed by atoms with van der Waals surface area (Å²) >= 11 is 0. The van der Waals surface area contributed by atoms with Crippen molar-refractivity contribution in [2.45, 2.75) is 0 Å². The van der Waals surface area contributed by atoms with Crippen molar-refractivity contribution in [2.24, 2.45) is 10.8 Å². The molecule has 0 bridgehead atoms. The molecule has 19 heavy (non-hydrogen) atoms. The van der Waals surface area contributed by atoms with Gasteiger partial charge in [-0.2, -0.15) is 10.4 Å². The van der Waals surface area contributed by atoms with Crippen molar-refractivity contribution in [3.8, 4) is 6.07 Å². The van der Waals surface area contributed by atoms with Gasteiger partial charge in [-0.3, -0.25) is 10.8 Å². The van der Waals surface area contributed by atoms with Crippen LogP contribution in [0.5, 0.6) is 0 Å². The highest BCUT2D eigenvalue weighted by Crippen LogP contribution is 2.20. The van der Waals surface area contributed by atoms with Gasteiger partial charge in [-0.1, -0.05) is 12.1 Å². The number of nitrogens with two attached hydrogens (primary N) is 1. The lowest BCUT2D eigenvalue weighted by atomic mass is 10.1. The molecule has 6 heteroatoms. The summed E-state index contributed by atoms with van der Waals surface area (Å²) in [5, 5.41) is 21.1. The summed E-state index contributed by atoms with van der Waals surface area (Å²) in [6, 6.07) is 11.3. The Bertz CT molecular complexity index is 715. The molecule has 0 atom stereocenters. The van der Waals surface area contributed by atoms with Gasteiger partial charge < -0.3 is 5.73 Å². The van der Waals surface area contributed by atoms with E-state index in [2.05, 4.69) is 10.5 Å². The third kappa shape index (κ3) is 2.84. The molecule has 0 radical (unpaired) electrons. The third-order valence-corrected chi connectivity index (χ3v) is 2.46. The van der Waals surface area contributed by atoms with E-state index in [1.54, 1.807) is 30.3 Å².